The van der Waals surface area contributed by atoms with Gasteiger partial charge in [-0.25, -0.2) is 9.97 Å². The zero-order chi connectivity index (χ0) is 16.4. The minimum Gasteiger partial charge on any atom is -0.481 e. The van der Waals surface area contributed by atoms with E-state index in [0.717, 1.165) is 26.5 Å². The number of carboxylic acids is 1. The van der Waals surface area contributed by atoms with Crippen molar-refractivity contribution in [3.8, 4) is 10.4 Å². The monoisotopic (exact) mass is 327 g/mol. The highest BCUT2D eigenvalue weighted by Gasteiger charge is 2.15. The second kappa shape index (κ2) is 6.34. The summed E-state index contributed by atoms with van der Waals surface area (Å²) in [6.07, 6.45) is 0.0801. The van der Waals surface area contributed by atoms with Gasteiger partial charge in [0.05, 0.1) is 11.8 Å². The Bertz CT molecular complexity index is 846. The zero-order valence-corrected chi connectivity index (χ0v) is 13.8. The number of aryl methyl sites for hydroxylation is 1. The summed E-state index contributed by atoms with van der Waals surface area (Å²) in [7, 11) is 1.87. The molecule has 0 atom stereocenters. The third-order valence-electron chi connectivity index (χ3n) is 3.57. The molecule has 1 aromatic carbocycles. The van der Waals surface area contributed by atoms with Crippen LogP contribution in [0, 0.1) is 6.92 Å². The third-order valence-corrected chi connectivity index (χ3v) is 4.64. The lowest BCUT2D eigenvalue weighted by Crippen LogP contribution is -2.22. The molecule has 3 aromatic rings. The highest BCUT2D eigenvalue weighted by Crippen LogP contribution is 2.36. The van der Waals surface area contributed by atoms with E-state index in [0.29, 0.717) is 12.4 Å². The Hall–Kier alpha value is -2.47. The van der Waals surface area contributed by atoms with Crippen molar-refractivity contribution in [1.82, 2.24) is 9.97 Å². The number of carbonyl (C=O) groups is 1. The van der Waals surface area contributed by atoms with Crippen molar-refractivity contribution >= 4 is 33.3 Å². The number of aromatic nitrogens is 2. The summed E-state index contributed by atoms with van der Waals surface area (Å²) in [5, 5.41) is 9.84. The molecule has 6 heteroatoms. The van der Waals surface area contributed by atoms with E-state index in [2.05, 4.69) is 28.2 Å². The molecule has 0 radical (unpaired) electrons. The van der Waals surface area contributed by atoms with Crippen LogP contribution in [0.3, 0.4) is 0 Å². The van der Waals surface area contributed by atoms with Crippen LogP contribution in [0.4, 0.5) is 5.82 Å². The Labute approximate surface area is 138 Å². The molecule has 0 aliphatic heterocycles. The molecule has 0 aliphatic carbocycles. The van der Waals surface area contributed by atoms with Gasteiger partial charge in [-0.3, -0.25) is 4.79 Å². The molecule has 118 valence electrons. The van der Waals surface area contributed by atoms with Crippen molar-refractivity contribution < 1.29 is 9.90 Å². The molecule has 0 saturated heterocycles. The lowest BCUT2D eigenvalue weighted by atomic mass is 10.2. The first-order valence-corrected chi connectivity index (χ1v) is 8.13. The Kier molecular flexibility index (Phi) is 4.25. The molecule has 0 spiro atoms. The smallest absolute Gasteiger partial charge is 0.305 e. The van der Waals surface area contributed by atoms with Crippen LogP contribution in [0.15, 0.2) is 36.4 Å². The maximum Gasteiger partial charge on any atom is 0.305 e. The second-order valence-electron chi connectivity index (χ2n) is 5.36. The molecule has 0 aliphatic rings. The van der Waals surface area contributed by atoms with Gasteiger partial charge in [0.15, 0.2) is 0 Å². The number of anilines is 1. The van der Waals surface area contributed by atoms with Crippen LogP contribution in [0.2, 0.25) is 0 Å². The summed E-state index contributed by atoms with van der Waals surface area (Å²) in [6, 6.07) is 12.2. The molecule has 0 fully saturated rings. The average Bonchev–Trinajstić information content (AvgIpc) is 2.96. The molecular formula is C17H17N3O2S. The van der Waals surface area contributed by atoms with E-state index in [1.54, 1.807) is 11.3 Å². The normalized spacial score (nSPS) is 10.9. The van der Waals surface area contributed by atoms with Crippen LogP contribution in [0.1, 0.15) is 12.2 Å². The Morgan fingerprint density at radius 3 is 2.70 bits per heavy atom. The number of rotatable bonds is 5. The van der Waals surface area contributed by atoms with E-state index in [9.17, 15) is 4.79 Å². The van der Waals surface area contributed by atoms with Gasteiger partial charge in [0, 0.05) is 18.5 Å². The predicted octanol–water partition coefficient (Wildman–Crippen LogP) is 3.58. The van der Waals surface area contributed by atoms with Gasteiger partial charge in [-0.1, -0.05) is 30.3 Å². The summed E-state index contributed by atoms with van der Waals surface area (Å²) >= 11 is 1.63. The van der Waals surface area contributed by atoms with E-state index in [-0.39, 0.29) is 6.42 Å². The van der Waals surface area contributed by atoms with Crippen LogP contribution in [0.25, 0.3) is 20.7 Å². The molecule has 0 unspecified atom stereocenters. The minimum atomic E-state index is -0.811. The van der Waals surface area contributed by atoms with Crippen LogP contribution in [-0.2, 0) is 4.79 Å². The van der Waals surface area contributed by atoms with E-state index >= 15 is 0 Å². The van der Waals surface area contributed by atoms with Crippen molar-refractivity contribution in [3.63, 3.8) is 0 Å². The fraction of sp³-hybridized carbons (Fsp3) is 0.235. The SMILES string of the molecule is Cc1nc(N(C)CCC(=O)O)c2cc(-c3ccccc3)sc2n1. The van der Waals surface area contributed by atoms with Gasteiger partial charge in [-0.05, 0) is 18.6 Å². The topological polar surface area (TPSA) is 66.3 Å². The van der Waals surface area contributed by atoms with Crippen LogP contribution < -0.4 is 4.90 Å². The molecular weight excluding hydrogens is 310 g/mol. The number of nitrogens with zero attached hydrogens (tertiary/aromatic N) is 3. The molecule has 0 bridgehead atoms. The minimum absolute atomic E-state index is 0.0801. The first-order chi connectivity index (χ1) is 11.0. The highest BCUT2D eigenvalue weighted by atomic mass is 32.1. The molecule has 5 nitrogen and oxygen atoms in total. The number of hydrogen-bond donors (Lipinski definition) is 1. The number of benzene rings is 1. The number of thiophene rings is 1. The molecule has 1 N–H and O–H groups in total. The molecule has 2 heterocycles. The lowest BCUT2D eigenvalue weighted by Gasteiger charge is -2.18. The highest BCUT2D eigenvalue weighted by molar-refractivity contribution is 7.21. The number of carboxylic acid groups (broad SMARTS) is 1. The number of aliphatic carboxylic acids is 1. The van der Waals surface area contributed by atoms with Gasteiger partial charge in [0.1, 0.15) is 16.5 Å². The van der Waals surface area contributed by atoms with Crippen LogP contribution >= 0.6 is 11.3 Å². The van der Waals surface area contributed by atoms with E-state index < -0.39 is 5.97 Å². The van der Waals surface area contributed by atoms with E-state index in [4.69, 9.17) is 5.11 Å². The Morgan fingerprint density at radius 2 is 2.00 bits per heavy atom. The number of hydrogen-bond acceptors (Lipinski definition) is 5. The fourth-order valence-electron chi connectivity index (χ4n) is 2.42. The number of fused-ring (bicyclic) bond motifs is 1. The first-order valence-electron chi connectivity index (χ1n) is 7.31. The van der Waals surface area contributed by atoms with Gasteiger partial charge in [-0.15, -0.1) is 11.3 Å². The molecule has 23 heavy (non-hydrogen) atoms. The van der Waals surface area contributed by atoms with Crippen molar-refractivity contribution in [2.24, 2.45) is 0 Å². The second-order valence-corrected chi connectivity index (χ2v) is 6.39. The maximum atomic E-state index is 10.8. The van der Waals surface area contributed by atoms with Gasteiger partial charge in [0.25, 0.3) is 0 Å². The lowest BCUT2D eigenvalue weighted by molar-refractivity contribution is -0.136. The fourth-order valence-corrected chi connectivity index (χ4v) is 3.49. The van der Waals surface area contributed by atoms with E-state index in [1.807, 2.05) is 37.1 Å². The van der Waals surface area contributed by atoms with Gasteiger partial charge >= 0.3 is 5.97 Å². The Morgan fingerprint density at radius 1 is 1.26 bits per heavy atom. The molecule has 0 saturated carbocycles. The maximum absolute atomic E-state index is 10.8. The summed E-state index contributed by atoms with van der Waals surface area (Å²) < 4.78 is 0. The third kappa shape index (κ3) is 3.32. The molecule has 2 aromatic heterocycles. The van der Waals surface area contributed by atoms with Crippen molar-refractivity contribution in [3.05, 3.63) is 42.2 Å². The zero-order valence-electron chi connectivity index (χ0n) is 13.0. The standard InChI is InChI=1S/C17H17N3O2S/c1-11-18-16(20(2)9-8-15(21)22)13-10-14(23-17(13)19-11)12-6-4-3-5-7-12/h3-7,10H,8-9H2,1-2H3,(H,21,22). The predicted molar refractivity (Wildman–Crippen MR) is 93.1 cm³/mol. The van der Waals surface area contributed by atoms with Crippen molar-refractivity contribution in [2.75, 3.05) is 18.5 Å². The van der Waals surface area contributed by atoms with Crippen molar-refractivity contribution in [2.45, 2.75) is 13.3 Å². The van der Waals surface area contributed by atoms with Gasteiger partial charge < -0.3 is 10.0 Å². The summed E-state index contributed by atoms with van der Waals surface area (Å²) in [6.45, 7) is 2.27. The first kappa shape index (κ1) is 15.4. The summed E-state index contributed by atoms with van der Waals surface area (Å²) in [5.41, 5.74) is 1.15. The van der Waals surface area contributed by atoms with Crippen LogP contribution in [0.5, 0.6) is 0 Å². The van der Waals surface area contributed by atoms with E-state index in [1.165, 1.54) is 0 Å². The summed E-state index contributed by atoms with van der Waals surface area (Å²) in [4.78, 5) is 23.8. The van der Waals surface area contributed by atoms with Crippen LogP contribution in [-0.4, -0.2) is 34.6 Å². The molecule has 0 amide bonds. The van der Waals surface area contributed by atoms with Crippen molar-refractivity contribution in [1.29, 1.82) is 0 Å². The average molecular weight is 327 g/mol. The largest absolute Gasteiger partial charge is 0.481 e. The Balaban J connectivity index is 2.04. The summed E-state index contributed by atoms with van der Waals surface area (Å²) in [5.74, 6) is 0.664. The van der Waals surface area contributed by atoms with Gasteiger partial charge in [0.2, 0.25) is 0 Å². The van der Waals surface area contributed by atoms with Gasteiger partial charge in [-0.2, -0.15) is 0 Å². The quantitative estimate of drug-likeness (QED) is 0.776. The molecule has 3 rings (SSSR count).